The van der Waals surface area contributed by atoms with Crippen LogP contribution in [-0.2, 0) is 23.7 Å². The molecule has 0 aliphatic carbocycles. The first-order valence-electron chi connectivity index (χ1n) is 13.1. The van der Waals surface area contributed by atoms with Crippen LogP contribution in [0, 0.1) is 41.4 Å². The van der Waals surface area contributed by atoms with Gasteiger partial charge < -0.3 is 39.0 Å². The fraction of sp³-hybridized carbons (Fsp3) is 1.00. The maximum absolute atomic E-state index is 10.2. The van der Waals surface area contributed by atoms with E-state index in [0.717, 1.165) is 0 Å². The second-order valence-electron chi connectivity index (χ2n) is 11.2. The van der Waals surface area contributed by atoms with Crippen molar-refractivity contribution in [3.05, 3.63) is 0 Å². The molecule has 8 heteroatoms. The summed E-state index contributed by atoms with van der Waals surface area (Å²) in [6.07, 6.45) is -2.92. The Labute approximate surface area is 205 Å². The number of hydrogen-bond donors (Lipinski definition) is 3. The fourth-order valence-electron chi connectivity index (χ4n) is 5.84. The molecule has 3 N–H and O–H groups in total. The Balaban J connectivity index is 1.72. The molecule has 0 amide bonds. The lowest BCUT2D eigenvalue weighted by molar-refractivity contribution is -0.343. The molecule has 0 bridgehead atoms. The zero-order valence-electron chi connectivity index (χ0n) is 22.2. The van der Waals surface area contributed by atoms with Gasteiger partial charge in [-0.15, -0.1) is 0 Å². The van der Waals surface area contributed by atoms with E-state index < -0.39 is 24.8 Å². The van der Waals surface area contributed by atoms with Crippen LogP contribution in [-0.4, -0.2) is 84.3 Å². The van der Waals surface area contributed by atoms with Crippen molar-refractivity contribution in [2.24, 2.45) is 41.4 Å². The van der Waals surface area contributed by atoms with Crippen molar-refractivity contribution in [1.82, 2.24) is 0 Å². The normalized spacial score (nSPS) is 52.5. The summed E-state index contributed by atoms with van der Waals surface area (Å²) in [6, 6.07) is 0. The summed E-state index contributed by atoms with van der Waals surface area (Å²) >= 11 is 0. The first kappa shape index (κ1) is 28.3. The molecule has 8 nitrogen and oxygen atoms in total. The van der Waals surface area contributed by atoms with Crippen LogP contribution in [0.15, 0.2) is 0 Å². The molecule has 3 aliphatic rings. The van der Waals surface area contributed by atoms with E-state index in [-0.39, 0.29) is 79.7 Å². The van der Waals surface area contributed by atoms with Crippen LogP contribution in [0.25, 0.3) is 0 Å². The van der Waals surface area contributed by atoms with Crippen molar-refractivity contribution in [2.45, 2.75) is 105 Å². The molecule has 200 valence electrons. The van der Waals surface area contributed by atoms with Gasteiger partial charge in [-0.05, 0) is 36.5 Å². The molecule has 3 heterocycles. The van der Waals surface area contributed by atoms with Crippen molar-refractivity contribution in [3.8, 4) is 0 Å². The van der Waals surface area contributed by atoms with Gasteiger partial charge in [0, 0.05) is 11.8 Å². The average molecular weight is 489 g/mol. The number of aliphatic hydroxyl groups excluding tert-OH is 3. The highest BCUT2D eigenvalue weighted by Crippen LogP contribution is 2.41. The van der Waals surface area contributed by atoms with E-state index >= 15 is 0 Å². The van der Waals surface area contributed by atoms with Crippen molar-refractivity contribution >= 4 is 0 Å². The average Bonchev–Trinajstić information content (AvgIpc) is 2.83. The Bertz CT molecular complexity index is 628. The monoisotopic (exact) mass is 488 g/mol. The van der Waals surface area contributed by atoms with Gasteiger partial charge in [-0.2, -0.15) is 0 Å². The van der Waals surface area contributed by atoms with Crippen LogP contribution in [0.1, 0.15) is 55.4 Å². The molecular formula is C26H48O8. The fourth-order valence-corrected chi connectivity index (χ4v) is 5.84. The summed E-state index contributed by atoms with van der Waals surface area (Å²) in [6.45, 7) is 16.5. The Morgan fingerprint density at radius 3 is 1.38 bits per heavy atom. The maximum atomic E-state index is 10.2. The first-order valence-corrected chi connectivity index (χ1v) is 13.1. The van der Waals surface area contributed by atoms with Gasteiger partial charge in [0.05, 0.1) is 44.2 Å². The van der Waals surface area contributed by atoms with Crippen molar-refractivity contribution in [2.75, 3.05) is 19.8 Å². The van der Waals surface area contributed by atoms with Gasteiger partial charge in [-0.25, -0.2) is 0 Å². The summed E-state index contributed by atoms with van der Waals surface area (Å²) in [4.78, 5) is 0. The highest BCUT2D eigenvalue weighted by atomic mass is 16.7. The van der Waals surface area contributed by atoms with Gasteiger partial charge in [0.25, 0.3) is 0 Å². The second-order valence-corrected chi connectivity index (χ2v) is 11.2. The molecule has 0 aromatic rings. The number of ether oxygens (including phenoxy) is 5. The summed E-state index contributed by atoms with van der Waals surface area (Å²) in [5.41, 5.74) is 0. The highest BCUT2D eigenvalue weighted by Gasteiger charge is 2.49. The zero-order chi connectivity index (χ0) is 25.3. The largest absolute Gasteiger partial charge is 0.394 e. The quantitative estimate of drug-likeness (QED) is 0.502. The molecule has 3 aliphatic heterocycles. The summed E-state index contributed by atoms with van der Waals surface area (Å²) in [5.74, 6) is 1.17. The van der Waals surface area contributed by atoms with Crippen LogP contribution in [0.3, 0.4) is 0 Å². The standard InChI is InChI=1S/C26H48O8/c1-12-14(3)20(9-27)31-25(17(12)6)34-24-16(5)18(7)26(32-22(24)11-29)33-23-15(4)13(2)19(8)30-21(23)10-28/h12-29H,9-11H2,1-8H3/t12-,13?,14-,15+,16+,17?,18?,19?,20?,21?,22?,23-,24-,25+,26+/m0/s1. The van der Waals surface area contributed by atoms with Gasteiger partial charge in [0.15, 0.2) is 12.6 Å². The molecule has 15 atom stereocenters. The molecule has 0 aromatic heterocycles. The van der Waals surface area contributed by atoms with E-state index in [1.807, 2.05) is 6.92 Å². The molecule has 0 radical (unpaired) electrons. The molecule has 7 unspecified atom stereocenters. The second kappa shape index (κ2) is 11.8. The predicted molar refractivity (Wildman–Crippen MR) is 127 cm³/mol. The van der Waals surface area contributed by atoms with E-state index in [9.17, 15) is 15.3 Å². The molecular weight excluding hydrogens is 440 g/mol. The SMILES string of the molecule is CC1OC(CO)[C@@H](O[C@H]2OC(CO)[C@@H](O[C@H]3OC(CO)[C@@H](C)[C@H](C)C3C)[C@H](C)C2C)[C@H](C)C1C. The molecule has 0 saturated carbocycles. The van der Waals surface area contributed by atoms with Crippen molar-refractivity contribution in [1.29, 1.82) is 0 Å². The van der Waals surface area contributed by atoms with Crippen LogP contribution in [0.4, 0.5) is 0 Å². The van der Waals surface area contributed by atoms with Crippen LogP contribution >= 0.6 is 0 Å². The Kier molecular flexibility index (Phi) is 9.82. The minimum Gasteiger partial charge on any atom is -0.394 e. The lowest BCUT2D eigenvalue weighted by atomic mass is 9.78. The lowest BCUT2D eigenvalue weighted by Crippen LogP contribution is -2.58. The third kappa shape index (κ3) is 5.49. The van der Waals surface area contributed by atoms with Crippen LogP contribution in [0.2, 0.25) is 0 Å². The molecule has 0 spiro atoms. The summed E-state index contributed by atoms with van der Waals surface area (Å²) in [7, 11) is 0. The smallest absolute Gasteiger partial charge is 0.161 e. The number of hydrogen-bond acceptors (Lipinski definition) is 8. The first-order chi connectivity index (χ1) is 16.0. The van der Waals surface area contributed by atoms with E-state index in [2.05, 4.69) is 48.5 Å². The highest BCUT2D eigenvalue weighted by molar-refractivity contribution is 4.92. The van der Waals surface area contributed by atoms with Crippen LogP contribution < -0.4 is 0 Å². The lowest BCUT2D eigenvalue weighted by Gasteiger charge is -2.50. The summed E-state index contributed by atoms with van der Waals surface area (Å²) in [5, 5.41) is 29.9. The van der Waals surface area contributed by atoms with Crippen molar-refractivity contribution < 1.29 is 39.0 Å². The molecule has 0 aromatic carbocycles. The summed E-state index contributed by atoms with van der Waals surface area (Å²) < 4.78 is 31.4. The zero-order valence-corrected chi connectivity index (χ0v) is 22.2. The molecule has 34 heavy (non-hydrogen) atoms. The molecule has 3 rings (SSSR count). The predicted octanol–water partition coefficient (Wildman–Crippen LogP) is 2.42. The minimum atomic E-state index is -0.571. The van der Waals surface area contributed by atoms with Gasteiger partial charge in [-0.1, -0.05) is 48.5 Å². The number of rotatable bonds is 7. The Morgan fingerprint density at radius 2 is 0.882 bits per heavy atom. The van der Waals surface area contributed by atoms with E-state index in [1.54, 1.807) is 0 Å². The van der Waals surface area contributed by atoms with Gasteiger partial charge in [0.2, 0.25) is 0 Å². The third-order valence-electron chi connectivity index (χ3n) is 9.40. The Hall–Kier alpha value is -0.320. The Morgan fingerprint density at radius 1 is 0.471 bits per heavy atom. The maximum Gasteiger partial charge on any atom is 0.161 e. The van der Waals surface area contributed by atoms with E-state index in [0.29, 0.717) is 5.92 Å². The van der Waals surface area contributed by atoms with E-state index in [1.165, 1.54) is 0 Å². The van der Waals surface area contributed by atoms with Gasteiger partial charge >= 0.3 is 0 Å². The number of aliphatic hydroxyl groups is 3. The third-order valence-corrected chi connectivity index (χ3v) is 9.40. The van der Waals surface area contributed by atoms with Gasteiger partial charge in [-0.3, -0.25) is 0 Å². The van der Waals surface area contributed by atoms with Crippen LogP contribution in [0.5, 0.6) is 0 Å². The van der Waals surface area contributed by atoms with Crippen molar-refractivity contribution in [3.63, 3.8) is 0 Å². The van der Waals surface area contributed by atoms with Gasteiger partial charge in [0.1, 0.15) is 12.2 Å². The topological polar surface area (TPSA) is 107 Å². The molecule has 3 fully saturated rings. The van der Waals surface area contributed by atoms with E-state index in [4.69, 9.17) is 23.7 Å². The minimum absolute atomic E-state index is 0.0159. The molecule has 3 saturated heterocycles.